The van der Waals surface area contributed by atoms with Gasteiger partial charge in [0.1, 0.15) is 13.8 Å². The topological polar surface area (TPSA) is 46.5 Å². The van der Waals surface area contributed by atoms with Crippen molar-refractivity contribution < 1.29 is 14.6 Å². The van der Waals surface area contributed by atoms with Crippen LogP contribution in [-0.2, 0) is 9.53 Å². The Morgan fingerprint density at radius 1 is 1.07 bits per heavy atom. The van der Waals surface area contributed by atoms with Gasteiger partial charge >= 0.3 is 5.97 Å². The molecule has 0 aromatic heterocycles. The van der Waals surface area contributed by atoms with Crippen molar-refractivity contribution in [2.45, 2.75) is 64.1 Å². The number of hydrogen-bond donors (Lipinski definition) is 1. The van der Waals surface area contributed by atoms with Crippen molar-refractivity contribution in [2.75, 3.05) is 0 Å². The van der Waals surface area contributed by atoms with Gasteiger partial charge in [0.15, 0.2) is 0 Å². The molecule has 0 saturated heterocycles. The van der Waals surface area contributed by atoms with Gasteiger partial charge in [-0.3, -0.25) is 0 Å². The SMILES string of the molecule is C[Si](C)(C)C#CC[C@]1(O)CC2=C([Si](C)(C)C)C(=O)OC2=C(c2ccc(Cl)cc2)C1. The molecular weight excluding hydrogens is 416 g/mol. The van der Waals surface area contributed by atoms with Crippen LogP contribution in [0.3, 0.4) is 0 Å². The molecule has 1 heterocycles. The number of carbonyl (C=O) groups is 1. The third-order valence-electron chi connectivity index (χ3n) is 5.08. The maximum atomic E-state index is 12.8. The summed E-state index contributed by atoms with van der Waals surface area (Å²) in [5, 5.41) is 13.0. The lowest BCUT2D eigenvalue weighted by molar-refractivity contribution is -0.132. The number of carbonyl (C=O) groups excluding carboxylic acids is 1. The zero-order valence-electron chi connectivity index (χ0n) is 18.1. The van der Waals surface area contributed by atoms with Crippen molar-refractivity contribution in [1.82, 2.24) is 0 Å². The van der Waals surface area contributed by atoms with Gasteiger partial charge in [-0.25, -0.2) is 4.79 Å². The normalized spacial score (nSPS) is 22.3. The minimum atomic E-state index is -1.95. The number of esters is 1. The van der Waals surface area contributed by atoms with Crippen molar-refractivity contribution in [3.05, 3.63) is 51.4 Å². The zero-order chi connectivity index (χ0) is 21.6. The summed E-state index contributed by atoms with van der Waals surface area (Å²) >= 11 is 6.07. The molecule has 0 unspecified atom stereocenters. The fraction of sp³-hybridized carbons (Fsp3) is 0.435. The summed E-state index contributed by atoms with van der Waals surface area (Å²) in [5.41, 5.74) is 5.00. The zero-order valence-corrected chi connectivity index (χ0v) is 20.8. The van der Waals surface area contributed by atoms with Crippen LogP contribution in [0.4, 0.5) is 0 Å². The average molecular weight is 445 g/mol. The van der Waals surface area contributed by atoms with Gasteiger partial charge in [-0.2, -0.15) is 0 Å². The third-order valence-corrected chi connectivity index (χ3v) is 8.27. The predicted octanol–water partition coefficient (Wildman–Crippen LogP) is 5.58. The maximum absolute atomic E-state index is 12.8. The third kappa shape index (κ3) is 4.95. The molecule has 1 aliphatic carbocycles. The standard InChI is InChI=1S/C23H29ClO3Si2/c1-28(2,3)13-7-12-23(26)14-18(16-8-10-17(24)11-9-16)20-19(15-23)21(22(25)27-20)29(4,5)6/h8-11,26H,12,14-15H2,1-6H3/t23-/m1/s1. The number of ether oxygens (including phenoxy) is 1. The minimum Gasteiger partial charge on any atom is -0.423 e. The molecule has 1 aliphatic heterocycles. The first-order valence-corrected chi connectivity index (χ1v) is 17.3. The van der Waals surface area contributed by atoms with E-state index in [2.05, 4.69) is 50.7 Å². The molecule has 0 amide bonds. The Labute approximate surface area is 180 Å². The second kappa shape index (κ2) is 7.59. The lowest BCUT2D eigenvalue weighted by Crippen LogP contribution is -2.35. The molecule has 0 saturated carbocycles. The molecule has 3 nitrogen and oxygen atoms in total. The Kier molecular flexibility index (Phi) is 5.78. The Balaban J connectivity index is 2.13. The molecule has 1 aromatic carbocycles. The van der Waals surface area contributed by atoms with Gasteiger partial charge in [-0.1, -0.05) is 63.0 Å². The Morgan fingerprint density at radius 2 is 1.66 bits per heavy atom. The second-order valence-corrected chi connectivity index (χ2v) is 20.3. The summed E-state index contributed by atoms with van der Waals surface area (Å²) in [7, 11) is -3.47. The summed E-state index contributed by atoms with van der Waals surface area (Å²) in [5.74, 6) is 3.63. The molecule has 1 atom stereocenters. The fourth-order valence-corrected chi connectivity index (χ4v) is 6.41. The first-order chi connectivity index (χ1) is 13.3. The van der Waals surface area contributed by atoms with E-state index < -0.39 is 21.7 Å². The van der Waals surface area contributed by atoms with Crippen LogP contribution >= 0.6 is 11.6 Å². The van der Waals surface area contributed by atoms with Crippen LogP contribution in [0.2, 0.25) is 44.3 Å². The summed E-state index contributed by atoms with van der Waals surface area (Å²) in [6, 6.07) is 7.48. The fourth-order valence-electron chi connectivity index (χ4n) is 3.90. The molecule has 1 N–H and O–H groups in total. The Bertz CT molecular complexity index is 967. The van der Waals surface area contributed by atoms with Crippen molar-refractivity contribution in [3.8, 4) is 11.5 Å². The summed E-state index contributed by atoms with van der Waals surface area (Å²) in [6.07, 6.45) is 1.20. The van der Waals surface area contributed by atoms with Gasteiger partial charge in [0.25, 0.3) is 0 Å². The Hall–Kier alpha value is -1.59. The second-order valence-electron chi connectivity index (χ2n) is 10.1. The van der Waals surface area contributed by atoms with Crippen molar-refractivity contribution in [1.29, 1.82) is 0 Å². The first-order valence-electron chi connectivity index (χ1n) is 9.97. The maximum Gasteiger partial charge on any atom is 0.335 e. The quantitative estimate of drug-likeness (QED) is 0.376. The number of halogens is 1. The average Bonchev–Trinajstić information content (AvgIpc) is 2.89. The van der Waals surface area contributed by atoms with Gasteiger partial charge in [0, 0.05) is 40.6 Å². The van der Waals surface area contributed by atoms with E-state index in [1.165, 1.54) is 0 Å². The van der Waals surface area contributed by atoms with Crippen molar-refractivity contribution in [3.63, 3.8) is 0 Å². The van der Waals surface area contributed by atoms with Gasteiger partial charge in [-0.15, -0.1) is 11.5 Å². The molecule has 0 bridgehead atoms. The van der Waals surface area contributed by atoms with E-state index in [4.69, 9.17) is 16.3 Å². The lowest BCUT2D eigenvalue weighted by Gasteiger charge is -2.34. The molecule has 2 aliphatic rings. The lowest BCUT2D eigenvalue weighted by atomic mass is 9.77. The highest BCUT2D eigenvalue weighted by Gasteiger charge is 2.46. The highest BCUT2D eigenvalue weighted by molar-refractivity contribution is 6.87. The largest absolute Gasteiger partial charge is 0.423 e. The van der Waals surface area contributed by atoms with Crippen LogP contribution in [0.1, 0.15) is 24.8 Å². The molecule has 1 aromatic rings. The number of fused-ring (bicyclic) bond motifs is 1. The van der Waals surface area contributed by atoms with Gasteiger partial charge in [-0.05, 0) is 17.7 Å². The molecule has 0 spiro atoms. The van der Waals surface area contributed by atoms with Crippen LogP contribution in [0.25, 0.3) is 5.57 Å². The number of allylic oxidation sites excluding steroid dienone is 1. The van der Waals surface area contributed by atoms with Gasteiger partial charge in [0.2, 0.25) is 0 Å². The molecular formula is C23H29ClO3Si2. The summed E-state index contributed by atoms with van der Waals surface area (Å²) in [4.78, 5) is 12.8. The van der Waals surface area contributed by atoms with E-state index in [9.17, 15) is 9.90 Å². The summed E-state index contributed by atoms with van der Waals surface area (Å²) in [6.45, 7) is 13.0. The van der Waals surface area contributed by atoms with Crippen molar-refractivity contribution >= 4 is 39.3 Å². The van der Waals surface area contributed by atoms with Crippen LogP contribution in [-0.4, -0.2) is 32.8 Å². The van der Waals surface area contributed by atoms with E-state index in [1.807, 2.05) is 24.3 Å². The van der Waals surface area contributed by atoms with Crippen LogP contribution in [0.15, 0.2) is 40.8 Å². The highest BCUT2D eigenvalue weighted by atomic mass is 35.5. The first kappa shape index (κ1) is 22.1. The smallest absolute Gasteiger partial charge is 0.335 e. The highest BCUT2D eigenvalue weighted by Crippen LogP contribution is 2.48. The molecule has 0 radical (unpaired) electrons. The molecule has 6 heteroatoms. The van der Waals surface area contributed by atoms with Crippen LogP contribution in [0.5, 0.6) is 0 Å². The molecule has 0 fully saturated rings. The van der Waals surface area contributed by atoms with E-state index in [0.717, 1.165) is 21.9 Å². The number of benzene rings is 1. The van der Waals surface area contributed by atoms with E-state index in [1.54, 1.807) is 0 Å². The Morgan fingerprint density at radius 3 is 2.21 bits per heavy atom. The number of hydrogen-bond acceptors (Lipinski definition) is 3. The monoisotopic (exact) mass is 444 g/mol. The molecule has 3 rings (SSSR count). The number of aliphatic hydroxyl groups is 1. The summed E-state index contributed by atoms with van der Waals surface area (Å²) < 4.78 is 5.78. The number of rotatable bonds is 3. The predicted molar refractivity (Wildman–Crippen MR) is 125 cm³/mol. The van der Waals surface area contributed by atoms with E-state index in [-0.39, 0.29) is 5.97 Å². The molecule has 29 heavy (non-hydrogen) atoms. The minimum absolute atomic E-state index is 0.252. The van der Waals surface area contributed by atoms with E-state index >= 15 is 0 Å². The van der Waals surface area contributed by atoms with Gasteiger partial charge < -0.3 is 9.84 Å². The van der Waals surface area contributed by atoms with Crippen LogP contribution in [0, 0.1) is 11.5 Å². The van der Waals surface area contributed by atoms with E-state index in [0.29, 0.717) is 30.0 Å². The molecule has 154 valence electrons. The van der Waals surface area contributed by atoms with Crippen molar-refractivity contribution in [2.24, 2.45) is 0 Å². The van der Waals surface area contributed by atoms with Crippen LogP contribution < -0.4 is 0 Å². The van der Waals surface area contributed by atoms with Gasteiger partial charge in [0.05, 0.1) is 13.7 Å².